The van der Waals surface area contributed by atoms with Crippen LogP contribution >= 0.6 is 11.6 Å². The lowest BCUT2D eigenvalue weighted by molar-refractivity contribution is 0.597. The van der Waals surface area contributed by atoms with Gasteiger partial charge in [0.05, 0.1) is 6.04 Å². The third-order valence-electron chi connectivity index (χ3n) is 3.13. The van der Waals surface area contributed by atoms with Crippen LogP contribution in [0.4, 0.5) is 0 Å². The van der Waals surface area contributed by atoms with E-state index in [0.717, 1.165) is 23.6 Å². The zero-order valence-electron chi connectivity index (χ0n) is 11.4. The second kappa shape index (κ2) is 6.69. The highest BCUT2D eigenvalue weighted by atomic mass is 35.5. The predicted octanol–water partition coefficient (Wildman–Crippen LogP) is 4.13. The second-order valence-electron chi connectivity index (χ2n) is 4.68. The summed E-state index contributed by atoms with van der Waals surface area (Å²) in [5.74, 6) is 0. The molecule has 0 bridgehead atoms. The molecule has 0 amide bonds. The number of rotatable bonds is 5. The average Bonchev–Trinajstić information content (AvgIpc) is 2.44. The lowest BCUT2D eigenvalue weighted by Crippen LogP contribution is -2.23. The Labute approximate surface area is 119 Å². The molecule has 3 heteroatoms. The van der Waals surface area contributed by atoms with Crippen molar-refractivity contribution in [3.63, 3.8) is 0 Å². The summed E-state index contributed by atoms with van der Waals surface area (Å²) in [6, 6.07) is 10.4. The van der Waals surface area contributed by atoms with Crippen molar-refractivity contribution in [2.45, 2.75) is 26.3 Å². The third-order valence-corrected chi connectivity index (χ3v) is 3.56. The quantitative estimate of drug-likeness (QED) is 0.887. The first-order chi connectivity index (χ1) is 9.22. The van der Waals surface area contributed by atoms with Crippen LogP contribution in [0, 0.1) is 6.92 Å². The van der Waals surface area contributed by atoms with Gasteiger partial charge in [0.15, 0.2) is 0 Å². The summed E-state index contributed by atoms with van der Waals surface area (Å²) in [5, 5.41) is 4.38. The van der Waals surface area contributed by atoms with Crippen LogP contribution in [0.5, 0.6) is 0 Å². The van der Waals surface area contributed by atoms with Gasteiger partial charge in [-0.1, -0.05) is 36.7 Å². The molecule has 1 atom stereocenters. The van der Waals surface area contributed by atoms with E-state index < -0.39 is 0 Å². The summed E-state index contributed by atoms with van der Waals surface area (Å²) >= 11 is 6.10. The zero-order valence-corrected chi connectivity index (χ0v) is 12.1. The molecule has 1 N–H and O–H groups in total. The van der Waals surface area contributed by atoms with E-state index in [1.165, 1.54) is 11.1 Å². The Kier molecular flexibility index (Phi) is 4.94. The highest BCUT2D eigenvalue weighted by molar-refractivity contribution is 6.31. The monoisotopic (exact) mass is 274 g/mol. The molecular formula is C16H19ClN2. The van der Waals surface area contributed by atoms with Gasteiger partial charge < -0.3 is 5.32 Å². The molecule has 0 saturated heterocycles. The van der Waals surface area contributed by atoms with Crippen molar-refractivity contribution in [3.05, 3.63) is 64.4 Å². The highest BCUT2D eigenvalue weighted by Crippen LogP contribution is 2.25. The van der Waals surface area contributed by atoms with Gasteiger partial charge in [0.1, 0.15) is 0 Å². The summed E-state index contributed by atoms with van der Waals surface area (Å²) in [7, 11) is 0. The van der Waals surface area contributed by atoms with E-state index in [4.69, 9.17) is 11.6 Å². The van der Waals surface area contributed by atoms with Crippen molar-refractivity contribution < 1.29 is 0 Å². The van der Waals surface area contributed by atoms with Gasteiger partial charge in [-0.05, 0) is 48.7 Å². The van der Waals surface area contributed by atoms with Crippen molar-refractivity contribution >= 4 is 11.6 Å². The number of aryl methyl sites for hydroxylation is 1. The van der Waals surface area contributed by atoms with Crippen LogP contribution < -0.4 is 5.32 Å². The van der Waals surface area contributed by atoms with Crippen LogP contribution in [-0.2, 0) is 0 Å². The van der Waals surface area contributed by atoms with Crippen LogP contribution in [-0.4, -0.2) is 11.5 Å². The van der Waals surface area contributed by atoms with E-state index in [0.29, 0.717) is 0 Å². The van der Waals surface area contributed by atoms with Gasteiger partial charge in [0.2, 0.25) is 0 Å². The molecule has 19 heavy (non-hydrogen) atoms. The number of pyridine rings is 1. The molecule has 1 aromatic carbocycles. The number of hydrogen-bond donors (Lipinski definition) is 1. The zero-order chi connectivity index (χ0) is 13.7. The van der Waals surface area contributed by atoms with Gasteiger partial charge in [-0.25, -0.2) is 0 Å². The maximum absolute atomic E-state index is 6.10. The first-order valence-electron chi connectivity index (χ1n) is 6.61. The number of aromatic nitrogens is 1. The Morgan fingerprint density at radius 3 is 2.74 bits per heavy atom. The van der Waals surface area contributed by atoms with Gasteiger partial charge in [-0.3, -0.25) is 4.98 Å². The number of nitrogens with one attached hydrogen (secondary N) is 1. The summed E-state index contributed by atoms with van der Waals surface area (Å²) < 4.78 is 0. The molecular weight excluding hydrogens is 256 g/mol. The molecule has 0 aliphatic rings. The topological polar surface area (TPSA) is 24.9 Å². The van der Waals surface area contributed by atoms with E-state index in [-0.39, 0.29) is 6.04 Å². The Hall–Kier alpha value is -1.38. The van der Waals surface area contributed by atoms with Gasteiger partial charge in [-0.2, -0.15) is 0 Å². The Balaban J connectivity index is 2.34. The highest BCUT2D eigenvalue weighted by Gasteiger charge is 2.14. The minimum absolute atomic E-state index is 0.171. The van der Waals surface area contributed by atoms with Crippen molar-refractivity contribution in [1.29, 1.82) is 0 Å². The van der Waals surface area contributed by atoms with E-state index >= 15 is 0 Å². The number of nitrogens with zero attached hydrogens (tertiary/aromatic N) is 1. The minimum Gasteiger partial charge on any atom is -0.306 e. The second-order valence-corrected chi connectivity index (χ2v) is 5.09. The molecule has 100 valence electrons. The van der Waals surface area contributed by atoms with E-state index in [1.807, 2.05) is 25.3 Å². The lowest BCUT2D eigenvalue weighted by Gasteiger charge is -2.20. The van der Waals surface area contributed by atoms with Gasteiger partial charge in [-0.15, -0.1) is 0 Å². The van der Waals surface area contributed by atoms with Gasteiger partial charge in [0, 0.05) is 17.4 Å². The molecule has 1 aromatic heterocycles. The lowest BCUT2D eigenvalue weighted by atomic mass is 9.98. The van der Waals surface area contributed by atoms with E-state index in [2.05, 4.69) is 35.4 Å². The smallest absolute Gasteiger partial charge is 0.0592 e. The van der Waals surface area contributed by atoms with Crippen LogP contribution in [0.2, 0.25) is 5.02 Å². The van der Waals surface area contributed by atoms with Crippen molar-refractivity contribution in [2.75, 3.05) is 6.54 Å². The SMILES string of the molecule is CCCNC(c1cccnc1)c1ccc(Cl)c(C)c1. The number of benzene rings is 1. The van der Waals surface area contributed by atoms with Crippen molar-refractivity contribution in [3.8, 4) is 0 Å². The van der Waals surface area contributed by atoms with Gasteiger partial charge >= 0.3 is 0 Å². The van der Waals surface area contributed by atoms with Crippen LogP contribution in [0.15, 0.2) is 42.7 Å². The first-order valence-corrected chi connectivity index (χ1v) is 6.99. The first kappa shape index (κ1) is 14.0. The fraction of sp³-hybridized carbons (Fsp3) is 0.312. The molecule has 0 radical (unpaired) electrons. The summed E-state index contributed by atoms with van der Waals surface area (Å²) in [4.78, 5) is 4.21. The molecule has 2 aromatic rings. The van der Waals surface area contributed by atoms with Crippen LogP contribution in [0.3, 0.4) is 0 Å². The van der Waals surface area contributed by atoms with Crippen molar-refractivity contribution in [2.24, 2.45) is 0 Å². The van der Waals surface area contributed by atoms with Crippen LogP contribution in [0.1, 0.15) is 36.1 Å². The molecule has 2 nitrogen and oxygen atoms in total. The predicted molar refractivity (Wildman–Crippen MR) is 80.6 cm³/mol. The maximum atomic E-state index is 6.10. The summed E-state index contributed by atoms with van der Waals surface area (Å²) in [6.07, 6.45) is 4.81. The Morgan fingerprint density at radius 1 is 1.26 bits per heavy atom. The molecule has 2 rings (SSSR count). The average molecular weight is 275 g/mol. The molecule has 0 aliphatic heterocycles. The molecule has 1 unspecified atom stereocenters. The minimum atomic E-state index is 0.171. The maximum Gasteiger partial charge on any atom is 0.0592 e. The molecule has 0 aliphatic carbocycles. The summed E-state index contributed by atoms with van der Waals surface area (Å²) in [6.45, 7) is 5.17. The molecule has 0 saturated carbocycles. The fourth-order valence-corrected chi connectivity index (χ4v) is 2.23. The third kappa shape index (κ3) is 3.55. The standard InChI is InChI=1S/C16H19ClN2/c1-3-8-19-16(14-5-4-9-18-11-14)13-6-7-15(17)12(2)10-13/h4-7,9-11,16,19H,3,8H2,1-2H3. The fourth-order valence-electron chi connectivity index (χ4n) is 2.11. The Bertz CT molecular complexity index is 526. The number of hydrogen-bond acceptors (Lipinski definition) is 2. The van der Waals surface area contributed by atoms with Crippen LogP contribution in [0.25, 0.3) is 0 Å². The molecule has 1 heterocycles. The van der Waals surface area contributed by atoms with Crippen molar-refractivity contribution in [1.82, 2.24) is 10.3 Å². The normalized spacial score (nSPS) is 12.4. The number of halogens is 1. The molecule has 0 spiro atoms. The van der Waals surface area contributed by atoms with E-state index in [9.17, 15) is 0 Å². The van der Waals surface area contributed by atoms with Gasteiger partial charge in [0.25, 0.3) is 0 Å². The molecule has 0 fully saturated rings. The van der Waals surface area contributed by atoms with E-state index in [1.54, 1.807) is 6.20 Å². The summed E-state index contributed by atoms with van der Waals surface area (Å²) in [5.41, 5.74) is 3.51. The largest absolute Gasteiger partial charge is 0.306 e. The Morgan fingerprint density at radius 2 is 2.11 bits per heavy atom.